The van der Waals surface area contributed by atoms with Gasteiger partial charge in [-0.05, 0) is 25.5 Å². The Hall–Kier alpha value is -2.09. The highest BCUT2D eigenvalue weighted by molar-refractivity contribution is 8.01. The zero-order chi connectivity index (χ0) is 16.0. The maximum absolute atomic E-state index is 12.5. The highest BCUT2D eigenvalue weighted by Crippen LogP contribution is 2.47. The minimum Gasteiger partial charge on any atom is -0.347 e. The second kappa shape index (κ2) is 5.23. The van der Waals surface area contributed by atoms with E-state index >= 15 is 0 Å². The summed E-state index contributed by atoms with van der Waals surface area (Å²) in [6.07, 6.45) is 3.21. The molecule has 4 heterocycles. The highest BCUT2D eigenvalue weighted by atomic mass is 32.2. The zero-order valence-corrected chi connectivity index (χ0v) is 13.5. The Morgan fingerprint density at radius 1 is 1.48 bits per heavy atom. The van der Waals surface area contributed by atoms with Crippen molar-refractivity contribution >= 4 is 29.2 Å². The molecule has 0 aromatic carbocycles. The van der Waals surface area contributed by atoms with E-state index in [1.807, 2.05) is 35.7 Å². The predicted molar refractivity (Wildman–Crippen MR) is 85.6 cm³/mol. The lowest BCUT2D eigenvalue weighted by molar-refractivity contribution is -0.138. The van der Waals surface area contributed by atoms with E-state index in [4.69, 9.17) is 0 Å². The van der Waals surface area contributed by atoms with E-state index in [1.165, 1.54) is 0 Å². The Bertz CT molecular complexity index is 791. The lowest BCUT2D eigenvalue weighted by Gasteiger charge is -2.29. The molecule has 0 saturated carbocycles. The van der Waals surface area contributed by atoms with Gasteiger partial charge < -0.3 is 10.2 Å². The molecule has 2 saturated heterocycles. The molecule has 2 aliphatic rings. The van der Waals surface area contributed by atoms with Gasteiger partial charge in [0, 0.05) is 18.4 Å². The van der Waals surface area contributed by atoms with Crippen LogP contribution in [0.2, 0.25) is 0 Å². The average Bonchev–Trinajstić information content (AvgIpc) is 3.19. The number of hydrogen-bond donors (Lipinski definition) is 1. The number of carbonyl (C=O) groups excluding carboxylic acids is 2. The maximum Gasteiger partial charge on any atom is 0.244 e. The monoisotopic (exact) mass is 331 g/mol. The van der Waals surface area contributed by atoms with Crippen LogP contribution in [0.15, 0.2) is 24.4 Å². The van der Waals surface area contributed by atoms with Gasteiger partial charge in [0.25, 0.3) is 0 Å². The fraction of sp³-hybridized carbons (Fsp3) is 0.467. The Morgan fingerprint density at radius 3 is 3.22 bits per heavy atom. The van der Waals surface area contributed by atoms with E-state index < -0.39 is 0 Å². The molecule has 2 aliphatic heterocycles. The quantitative estimate of drug-likeness (QED) is 0.900. The van der Waals surface area contributed by atoms with E-state index in [0.717, 1.165) is 12.1 Å². The van der Waals surface area contributed by atoms with E-state index in [0.29, 0.717) is 24.5 Å². The first-order chi connectivity index (χ1) is 11.1. The first kappa shape index (κ1) is 14.5. The molecule has 2 unspecified atom stereocenters. The van der Waals surface area contributed by atoms with Gasteiger partial charge in [-0.1, -0.05) is 6.07 Å². The lowest BCUT2D eigenvalue weighted by atomic mass is 10.2. The number of hydrogen-bond acceptors (Lipinski definition) is 5. The second-order valence-electron chi connectivity index (χ2n) is 6.03. The summed E-state index contributed by atoms with van der Waals surface area (Å²) >= 11 is 1.69. The summed E-state index contributed by atoms with van der Waals surface area (Å²) in [7, 11) is 0. The molecule has 1 N–H and O–H groups in total. The number of rotatable bonds is 3. The fourth-order valence-electron chi connectivity index (χ4n) is 3.31. The van der Waals surface area contributed by atoms with Crippen LogP contribution >= 0.6 is 11.8 Å². The molecule has 8 heteroatoms. The number of pyridine rings is 1. The van der Waals surface area contributed by atoms with E-state index in [-0.39, 0.29) is 22.7 Å². The fourth-order valence-corrected chi connectivity index (χ4v) is 4.74. The summed E-state index contributed by atoms with van der Waals surface area (Å²) in [6.45, 7) is 2.34. The van der Waals surface area contributed by atoms with Gasteiger partial charge in [0.15, 0.2) is 11.5 Å². The van der Waals surface area contributed by atoms with Crippen molar-refractivity contribution in [2.45, 2.75) is 37.2 Å². The molecule has 2 aromatic rings. The molecule has 120 valence electrons. The highest BCUT2D eigenvalue weighted by Gasteiger charge is 2.52. The molecule has 2 atom stereocenters. The number of fused-ring (bicyclic) bond motifs is 2. The van der Waals surface area contributed by atoms with Crippen LogP contribution < -0.4 is 5.32 Å². The molecule has 0 spiro atoms. The normalized spacial score (nSPS) is 26.7. The summed E-state index contributed by atoms with van der Waals surface area (Å²) in [6, 6.07) is 5.26. The standard InChI is InChI=1S/C15H17N5O2S/c1-15-6-5-13(21)20(15)10(9-23-15)14(22)16-8-12-18-17-11-4-2-3-7-19(11)12/h2-4,7,10H,5-6,8-9H2,1H3,(H,16,22). The molecule has 0 bridgehead atoms. The first-order valence-electron chi connectivity index (χ1n) is 7.61. The number of nitrogens with zero attached hydrogens (tertiary/aromatic N) is 4. The third kappa shape index (κ3) is 2.28. The zero-order valence-electron chi connectivity index (χ0n) is 12.7. The van der Waals surface area contributed by atoms with Crippen LogP contribution in [0.4, 0.5) is 0 Å². The second-order valence-corrected chi connectivity index (χ2v) is 7.53. The van der Waals surface area contributed by atoms with E-state index in [1.54, 1.807) is 16.7 Å². The minimum absolute atomic E-state index is 0.0746. The van der Waals surface area contributed by atoms with Crippen LogP contribution in [0.3, 0.4) is 0 Å². The van der Waals surface area contributed by atoms with Crippen LogP contribution in [0.25, 0.3) is 5.65 Å². The average molecular weight is 331 g/mol. The topological polar surface area (TPSA) is 79.6 Å². The summed E-state index contributed by atoms with van der Waals surface area (Å²) in [5, 5.41) is 11.1. The van der Waals surface area contributed by atoms with Crippen molar-refractivity contribution in [2.24, 2.45) is 0 Å². The lowest BCUT2D eigenvalue weighted by Crippen LogP contribution is -2.50. The van der Waals surface area contributed by atoms with Gasteiger partial charge in [-0.15, -0.1) is 22.0 Å². The van der Waals surface area contributed by atoms with Gasteiger partial charge in [-0.2, -0.15) is 0 Å². The number of aromatic nitrogens is 3. The maximum atomic E-state index is 12.5. The Balaban J connectivity index is 1.47. The minimum atomic E-state index is -0.390. The van der Waals surface area contributed by atoms with Gasteiger partial charge in [-0.25, -0.2) is 0 Å². The van der Waals surface area contributed by atoms with Gasteiger partial charge in [0.1, 0.15) is 6.04 Å². The molecule has 2 aromatic heterocycles. The SMILES string of the molecule is CC12CCC(=O)N1C(C(=O)NCc1nnc3ccccn13)CS2. The first-order valence-corrected chi connectivity index (χ1v) is 8.59. The van der Waals surface area contributed by atoms with Crippen molar-refractivity contribution in [1.29, 1.82) is 0 Å². The Kier molecular flexibility index (Phi) is 3.29. The third-order valence-electron chi connectivity index (χ3n) is 4.55. The van der Waals surface area contributed by atoms with Gasteiger partial charge in [0.2, 0.25) is 11.8 Å². The summed E-state index contributed by atoms with van der Waals surface area (Å²) in [5.74, 6) is 1.28. The van der Waals surface area contributed by atoms with Gasteiger partial charge >= 0.3 is 0 Å². The van der Waals surface area contributed by atoms with Crippen LogP contribution in [0.1, 0.15) is 25.6 Å². The number of thioether (sulfide) groups is 1. The summed E-state index contributed by atoms with van der Waals surface area (Å²) < 4.78 is 1.84. The molecule has 2 amide bonds. The molecule has 2 fully saturated rings. The van der Waals surface area contributed by atoms with Crippen molar-refractivity contribution in [3.05, 3.63) is 30.2 Å². The number of nitrogens with one attached hydrogen (secondary N) is 1. The smallest absolute Gasteiger partial charge is 0.244 e. The predicted octanol–water partition coefficient (Wildman–Crippen LogP) is 0.799. The van der Waals surface area contributed by atoms with Gasteiger partial charge in [0.05, 0.1) is 11.4 Å². The Morgan fingerprint density at radius 2 is 2.35 bits per heavy atom. The van der Waals surface area contributed by atoms with Crippen LogP contribution in [-0.2, 0) is 16.1 Å². The molecular formula is C15H17N5O2S. The van der Waals surface area contributed by atoms with Crippen molar-refractivity contribution in [2.75, 3.05) is 5.75 Å². The van der Waals surface area contributed by atoms with Gasteiger partial charge in [-0.3, -0.25) is 14.0 Å². The van der Waals surface area contributed by atoms with Crippen molar-refractivity contribution in [3.63, 3.8) is 0 Å². The molecule has 4 rings (SSSR count). The van der Waals surface area contributed by atoms with Crippen molar-refractivity contribution in [3.8, 4) is 0 Å². The summed E-state index contributed by atoms with van der Waals surface area (Å²) in [5.41, 5.74) is 0.746. The molecular weight excluding hydrogens is 314 g/mol. The van der Waals surface area contributed by atoms with Crippen LogP contribution in [-0.4, -0.2) is 48.0 Å². The third-order valence-corrected chi connectivity index (χ3v) is 6.06. The number of carbonyl (C=O) groups is 2. The van der Waals surface area contributed by atoms with Crippen molar-refractivity contribution in [1.82, 2.24) is 24.8 Å². The molecule has 23 heavy (non-hydrogen) atoms. The van der Waals surface area contributed by atoms with Crippen LogP contribution in [0, 0.1) is 0 Å². The van der Waals surface area contributed by atoms with Crippen molar-refractivity contribution < 1.29 is 9.59 Å². The van der Waals surface area contributed by atoms with Crippen LogP contribution in [0.5, 0.6) is 0 Å². The Labute approximate surface area is 137 Å². The largest absolute Gasteiger partial charge is 0.347 e. The molecule has 0 radical (unpaired) electrons. The van der Waals surface area contributed by atoms with E-state index in [9.17, 15) is 9.59 Å². The number of amides is 2. The summed E-state index contributed by atoms with van der Waals surface area (Å²) in [4.78, 5) is 26.2. The molecule has 7 nitrogen and oxygen atoms in total. The molecule has 0 aliphatic carbocycles. The van der Waals surface area contributed by atoms with E-state index in [2.05, 4.69) is 15.5 Å².